The Kier molecular flexibility index (Phi) is 8.45. The maximum absolute atomic E-state index is 12.7. The predicted molar refractivity (Wildman–Crippen MR) is 129 cm³/mol. The van der Waals surface area contributed by atoms with Crippen LogP contribution in [0.5, 0.6) is 11.5 Å². The number of methoxy groups -OCH3 is 1. The second kappa shape index (κ2) is 11.1. The van der Waals surface area contributed by atoms with Crippen LogP contribution in [0, 0.1) is 0 Å². The minimum Gasteiger partial charge on any atom is -0.493 e. The molecule has 1 N–H and O–H groups in total. The molecule has 1 aliphatic rings. The third-order valence-electron chi connectivity index (χ3n) is 5.29. The molecule has 1 aliphatic heterocycles. The lowest BCUT2D eigenvalue weighted by Crippen LogP contribution is -2.49. The van der Waals surface area contributed by atoms with Crippen LogP contribution in [0.15, 0.2) is 29.4 Å². The number of aromatic nitrogens is 1. The first-order valence-electron chi connectivity index (χ1n) is 10.2. The summed E-state index contributed by atoms with van der Waals surface area (Å²) in [4.78, 5) is 18.7. The monoisotopic (exact) mass is 498 g/mol. The van der Waals surface area contributed by atoms with E-state index in [0.717, 1.165) is 24.8 Å². The molecule has 1 saturated heterocycles. The van der Waals surface area contributed by atoms with Crippen LogP contribution < -0.4 is 14.9 Å². The first-order valence-corrected chi connectivity index (χ1v) is 11.4. The molecule has 1 aromatic carbocycles. The summed E-state index contributed by atoms with van der Waals surface area (Å²) in [7, 11) is 1.54. The number of hydrazone groups is 1. The molecular weight excluding hydrogens is 475 g/mol. The summed E-state index contributed by atoms with van der Waals surface area (Å²) in [6.45, 7) is 4.12. The minimum absolute atomic E-state index is 0.0207. The molecule has 0 radical (unpaired) electrons. The summed E-state index contributed by atoms with van der Waals surface area (Å²) in [5.41, 5.74) is 3.47. The molecule has 1 aromatic heterocycles. The molecule has 10 heteroatoms. The van der Waals surface area contributed by atoms with Crippen molar-refractivity contribution in [3.63, 3.8) is 0 Å². The van der Waals surface area contributed by atoms with Gasteiger partial charge in [-0.2, -0.15) is 5.10 Å². The van der Waals surface area contributed by atoms with Crippen molar-refractivity contribution in [2.24, 2.45) is 5.10 Å². The summed E-state index contributed by atoms with van der Waals surface area (Å²) in [5, 5.41) is 4.79. The number of piperidine rings is 1. The van der Waals surface area contributed by atoms with Gasteiger partial charge in [0.05, 0.1) is 23.4 Å². The normalized spacial score (nSPS) is 18.6. The number of nitrogens with zero attached hydrogens (tertiary/aromatic N) is 3. The number of anilines is 1. The first-order chi connectivity index (χ1) is 15.3. The van der Waals surface area contributed by atoms with E-state index in [0.29, 0.717) is 16.5 Å². The number of amides is 1. The van der Waals surface area contributed by atoms with Gasteiger partial charge in [-0.05, 0) is 62.9 Å². The van der Waals surface area contributed by atoms with Gasteiger partial charge < -0.3 is 14.4 Å². The Morgan fingerprint density at radius 1 is 1.19 bits per heavy atom. The van der Waals surface area contributed by atoms with Crippen molar-refractivity contribution in [3.8, 4) is 11.5 Å². The third-order valence-corrected chi connectivity index (χ3v) is 6.25. The lowest BCUT2D eigenvalue weighted by molar-refractivity contribution is -0.139. The molecule has 0 aliphatic carbocycles. The number of pyridine rings is 1. The van der Waals surface area contributed by atoms with Crippen LogP contribution in [0.4, 0.5) is 5.82 Å². The Bertz CT molecular complexity index is 993. The van der Waals surface area contributed by atoms with Crippen LogP contribution in [0.2, 0.25) is 15.2 Å². The Hall–Kier alpha value is -2.22. The second-order valence-corrected chi connectivity index (χ2v) is 8.76. The fourth-order valence-corrected chi connectivity index (χ4v) is 4.24. The van der Waals surface area contributed by atoms with Gasteiger partial charge in [-0.1, -0.05) is 34.8 Å². The van der Waals surface area contributed by atoms with Crippen LogP contribution in [0.1, 0.15) is 38.7 Å². The molecule has 0 saturated carbocycles. The van der Waals surface area contributed by atoms with Gasteiger partial charge in [0.25, 0.3) is 5.91 Å². The zero-order valence-corrected chi connectivity index (χ0v) is 20.3. The molecule has 3 rings (SSSR count). The van der Waals surface area contributed by atoms with E-state index in [-0.39, 0.29) is 40.6 Å². The summed E-state index contributed by atoms with van der Waals surface area (Å²) in [6.07, 6.45) is 4.75. The number of rotatable bonds is 7. The second-order valence-electron chi connectivity index (χ2n) is 7.59. The van der Waals surface area contributed by atoms with Crippen molar-refractivity contribution in [2.75, 3.05) is 19.1 Å². The predicted octanol–water partition coefficient (Wildman–Crippen LogP) is 5.66. The average Bonchev–Trinajstić information content (AvgIpc) is 2.76. The van der Waals surface area contributed by atoms with E-state index in [4.69, 9.17) is 44.3 Å². The Balaban J connectivity index is 1.63. The minimum atomic E-state index is -0.0402. The highest BCUT2D eigenvalue weighted by molar-refractivity contribution is 6.42. The number of hydrogen-bond acceptors (Lipinski definition) is 6. The smallest absolute Gasteiger partial charge is 0.260 e. The van der Waals surface area contributed by atoms with Gasteiger partial charge in [0, 0.05) is 12.1 Å². The molecule has 1 amide bonds. The molecular formula is C22H25Cl3N4O3. The zero-order chi connectivity index (χ0) is 23.3. The molecule has 0 bridgehead atoms. The Morgan fingerprint density at radius 2 is 1.91 bits per heavy atom. The van der Waals surface area contributed by atoms with Gasteiger partial charge in [0.15, 0.2) is 23.9 Å². The van der Waals surface area contributed by atoms with E-state index in [9.17, 15) is 4.79 Å². The van der Waals surface area contributed by atoms with E-state index in [1.54, 1.807) is 24.4 Å². The topological polar surface area (TPSA) is 76.0 Å². The first kappa shape index (κ1) is 24.4. The van der Waals surface area contributed by atoms with Gasteiger partial charge in [-0.15, -0.1) is 0 Å². The number of halogens is 3. The van der Waals surface area contributed by atoms with E-state index in [2.05, 4.69) is 29.4 Å². The number of carbonyl (C=O) groups excluding carboxylic acids is 1. The van der Waals surface area contributed by atoms with Crippen LogP contribution in [-0.2, 0) is 4.79 Å². The fraction of sp³-hybridized carbons (Fsp3) is 0.409. The Morgan fingerprint density at radius 3 is 2.59 bits per heavy atom. The van der Waals surface area contributed by atoms with Crippen molar-refractivity contribution >= 4 is 52.7 Å². The molecule has 172 valence electrons. The van der Waals surface area contributed by atoms with Gasteiger partial charge in [0.1, 0.15) is 5.15 Å². The summed E-state index contributed by atoms with van der Waals surface area (Å²) in [5.74, 6) is 1.24. The molecule has 2 atom stereocenters. The van der Waals surface area contributed by atoms with E-state index < -0.39 is 0 Å². The molecule has 0 spiro atoms. The lowest BCUT2D eigenvalue weighted by Gasteiger charge is -2.39. The van der Waals surface area contributed by atoms with Crippen molar-refractivity contribution in [3.05, 3.63) is 45.0 Å². The quantitative estimate of drug-likeness (QED) is 0.302. The number of nitrogens with one attached hydrogen (secondary N) is 1. The average molecular weight is 500 g/mol. The van der Waals surface area contributed by atoms with Crippen molar-refractivity contribution in [1.82, 2.24) is 9.88 Å². The van der Waals surface area contributed by atoms with E-state index >= 15 is 0 Å². The van der Waals surface area contributed by atoms with Crippen LogP contribution in [0.3, 0.4) is 0 Å². The maximum atomic E-state index is 12.7. The molecule has 7 nitrogen and oxygen atoms in total. The number of likely N-dealkylation sites (tertiary alicyclic amines) is 1. The molecule has 1 fully saturated rings. The van der Waals surface area contributed by atoms with Crippen molar-refractivity contribution in [2.45, 2.75) is 45.2 Å². The standard InChI is InChI=1S/C22H25Cl3N4O3/c1-13-5-4-6-14(2)29(13)20(30)12-32-18-8-7-15(9-19(18)31-3)11-26-28-22-17(24)10-16(23)21(25)27-22/h7-11,13-14H,4-6,12H2,1-3H3,(H,27,28)/b26-11-/t13-,14+. The van der Waals surface area contributed by atoms with Crippen LogP contribution >= 0.6 is 34.8 Å². The van der Waals surface area contributed by atoms with Crippen molar-refractivity contribution in [1.29, 1.82) is 0 Å². The Labute approximate surface area is 202 Å². The van der Waals surface area contributed by atoms with Gasteiger partial charge in [-0.3, -0.25) is 10.2 Å². The van der Waals surface area contributed by atoms with Gasteiger partial charge in [-0.25, -0.2) is 4.98 Å². The lowest BCUT2D eigenvalue weighted by atomic mass is 9.97. The molecule has 2 heterocycles. The van der Waals surface area contributed by atoms with E-state index in [1.807, 2.05) is 4.90 Å². The summed E-state index contributed by atoms with van der Waals surface area (Å²) >= 11 is 17.9. The van der Waals surface area contributed by atoms with Crippen molar-refractivity contribution < 1.29 is 14.3 Å². The number of carbonyl (C=O) groups is 1. The van der Waals surface area contributed by atoms with Gasteiger partial charge in [0.2, 0.25) is 0 Å². The highest BCUT2D eigenvalue weighted by atomic mass is 35.5. The zero-order valence-electron chi connectivity index (χ0n) is 18.1. The number of ether oxygens (including phenoxy) is 2. The molecule has 2 aromatic rings. The highest BCUT2D eigenvalue weighted by Crippen LogP contribution is 2.30. The SMILES string of the molecule is COc1cc(/C=N\Nc2nc(Cl)c(Cl)cc2Cl)ccc1OCC(=O)N1[C@H](C)CCC[C@@H]1C. The maximum Gasteiger partial charge on any atom is 0.260 e. The third kappa shape index (κ3) is 5.97. The summed E-state index contributed by atoms with van der Waals surface area (Å²) < 4.78 is 11.2. The highest BCUT2D eigenvalue weighted by Gasteiger charge is 2.29. The van der Waals surface area contributed by atoms with Gasteiger partial charge >= 0.3 is 0 Å². The number of hydrogen-bond donors (Lipinski definition) is 1. The molecule has 0 unspecified atom stereocenters. The van der Waals surface area contributed by atoms with Crippen LogP contribution in [-0.4, -0.2) is 47.8 Å². The molecule has 32 heavy (non-hydrogen) atoms. The van der Waals surface area contributed by atoms with Crippen LogP contribution in [0.25, 0.3) is 0 Å². The fourth-order valence-electron chi connectivity index (χ4n) is 3.70. The summed E-state index contributed by atoms with van der Waals surface area (Å²) in [6, 6.07) is 7.21. The largest absolute Gasteiger partial charge is 0.493 e. The van der Waals surface area contributed by atoms with E-state index in [1.165, 1.54) is 13.2 Å². The number of benzene rings is 1.